The Hall–Kier alpha value is -1.71. The molecule has 0 bridgehead atoms. The maximum absolute atomic E-state index is 12.0. The molecule has 0 aromatic heterocycles. The lowest BCUT2D eigenvalue weighted by Crippen LogP contribution is -2.26. The van der Waals surface area contributed by atoms with E-state index in [4.69, 9.17) is 5.73 Å². The molecule has 20 heavy (non-hydrogen) atoms. The van der Waals surface area contributed by atoms with Crippen molar-refractivity contribution >= 4 is 21.4 Å². The molecule has 1 aromatic rings. The van der Waals surface area contributed by atoms with Crippen molar-refractivity contribution in [3.05, 3.63) is 28.3 Å². The Labute approximate surface area is 118 Å². The van der Waals surface area contributed by atoms with Crippen LogP contribution in [-0.4, -0.2) is 51.9 Å². The monoisotopic (exact) mass is 302 g/mol. The maximum atomic E-state index is 12.0. The van der Waals surface area contributed by atoms with E-state index >= 15 is 0 Å². The Morgan fingerprint density at radius 1 is 1.30 bits per heavy atom. The van der Waals surface area contributed by atoms with Crippen molar-refractivity contribution in [1.82, 2.24) is 4.31 Å². The van der Waals surface area contributed by atoms with Gasteiger partial charge in [-0.05, 0) is 12.1 Å². The smallest absolute Gasteiger partial charge is 0.293 e. The molecule has 0 atom stereocenters. The van der Waals surface area contributed by atoms with Crippen LogP contribution in [-0.2, 0) is 10.0 Å². The van der Waals surface area contributed by atoms with Crippen LogP contribution in [0.5, 0.6) is 0 Å². The van der Waals surface area contributed by atoms with Gasteiger partial charge >= 0.3 is 0 Å². The number of hydrogen-bond donors (Lipinski definition) is 1. The molecule has 0 radical (unpaired) electrons. The van der Waals surface area contributed by atoms with E-state index in [2.05, 4.69) is 0 Å². The predicted molar refractivity (Wildman–Crippen MR) is 76.3 cm³/mol. The molecule has 1 rings (SSSR count). The molecule has 9 heteroatoms. The molecule has 0 aliphatic carbocycles. The lowest BCUT2D eigenvalue weighted by molar-refractivity contribution is -0.384. The van der Waals surface area contributed by atoms with E-state index in [0.29, 0.717) is 18.8 Å². The number of nitro benzene ring substituents is 1. The second kappa shape index (κ2) is 6.16. The van der Waals surface area contributed by atoms with Crippen LogP contribution >= 0.6 is 0 Å². The third-order valence-electron chi connectivity index (χ3n) is 2.80. The number of nitrogens with two attached hydrogens (primary N) is 1. The summed E-state index contributed by atoms with van der Waals surface area (Å²) >= 11 is 0. The largest absolute Gasteiger partial charge is 0.368 e. The van der Waals surface area contributed by atoms with E-state index in [1.807, 2.05) is 0 Å². The number of nitro groups is 1. The molecule has 0 amide bonds. The molecule has 0 spiro atoms. The Balaban J connectivity index is 3.38. The second-order valence-corrected chi connectivity index (χ2v) is 6.56. The minimum atomic E-state index is -3.70. The number of likely N-dealkylation sites (N-methyl/N-ethyl adjacent to an activating group) is 1. The number of sulfonamides is 1. The summed E-state index contributed by atoms with van der Waals surface area (Å²) in [5.41, 5.74) is 5.49. The number of benzene rings is 1. The van der Waals surface area contributed by atoms with Crippen molar-refractivity contribution in [2.24, 2.45) is 5.73 Å². The molecule has 0 aliphatic rings. The summed E-state index contributed by atoms with van der Waals surface area (Å²) < 4.78 is 25.0. The van der Waals surface area contributed by atoms with Crippen LogP contribution < -0.4 is 10.6 Å². The van der Waals surface area contributed by atoms with Gasteiger partial charge in [-0.3, -0.25) is 10.1 Å². The van der Waals surface area contributed by atoms with Gasteiger partial charge in [0, 0.05) is 40.3 Å². The summed E-state index contributed by atoms with van der Waals surface area (Å²) in [6, 6.07) is 3.84. The predicted octanol–water partition coefficient (Wildman–Crippen LogP) is 0.240. The van der Waals surface area contributed by atoms with Crippen LogP contribution in [0.15, 0.2) is 23.1 Å². The zero-order chi connectivity index (χ0) is 15.5. The Morgan fingerprint density at radius 2 is 1.90 bits per heavy atom. The standard InChI is InChI=1S/C11H18N4O4S/c1-13(2)20(18,19)9-4-5-10(14(3)7-6-12)11(8-9)15(16)17/h4-5,8H,6-7,12H2,1-3H3. The van der Waals surface area contributed by atoms with Crippen LogP contribution in [0.2, 0.25) is 0 Å². The Morgan fingerprint density at radius 3 is 2.35 bits per heavy atom. The minimum Gasteiger partial charge on any atom is -0.368 e. The van der Waals surface area contributed by atoms with Gasteiger partial charge in [-0.2, -0.15) is 0 Å². The lowest BCUT2D eigenvalue weighted by Gasteiger charge is -2.19. The first-order valence-electron chi connectivity index (χ1n) is 5.84. The van der Waals surface area contributed by atoms with Gasteiger partial charge in [0.2, 0.25) is 10.0 Å². The first-order chi connectivity index (χ1) is 9.21. The minimum absolute atomic E-state index is 0.112. The van der Waals surface area contributed by atoms with E-state index in [1.54, 1.807) is 11.9 Å². The molecule has 0 heterocycles. The number of nitrogens with zero attached hydrogens (tertiary/aromatic N) is 3. The summed E-state index contributed by atoms with van der Waals surface area (Å²) in [5, 5.41) is 11.1. The van der Waals surface area contributed by atoms with E-state index in [9.17, 15) is 18.5 Å². The van der Waals surface area contributed by atoms with Crippen LogP contribution in [0.1, 0.15) is 0 Å². The first-order valence-corrected chi connectivity index (χ1v) is 7.28. The maximum Gasteiger partial charge on any atom is 0.293 e. The fraction of sp³-hybridized carbons (Fsp3) is 0.455. The molecule has 1 aromatic carbocycles. The number of rotatable bonds is 6. The highest BCUT2D eigenvalue weighted by molar-refractivity contribution is 7.89. The average Bonchev–Trinajstić information content (AvgIpc) is 2.37. The molecule has 0 saturated heterocycles. The summed E-state index contributed by atoms with van der Waals surface area (Å²) in [6.07, 6.45) is 0. The molecule has 8 nitrogen and oxygen atoms in total. The van der Waals surface area contributed by atoms with E-state index in [0.717, 1.165) is 10.4 Å². The lowest BCUT2D eigenvalue weighted by atomic mass is 10.2. The highest BCUT2D eigenvalue weighted by atomic mass is 32.2. The van der Waals surface area contributed by atoms with Crippen molar-refractivity contribution in [3.8, 4) is 0 Å². The van der Waals surface area contributed by atoms with Crippen LogP contribution in [0.25, 0.3) is 0 Å². The quantitative estimate of drug-likeness (QED) is 0.595. The SMILES string of the molecule is CN(CCN)c1ccc(S(=O)(=O)N(C)C)cc1[N+](=O)[O-]. The molecule has 0 fully saturated rings. The van der Waals surface area contributed by atoms with Crippen molar-refractivity contribution in [3.63, 3.8) is 0 Å². The van der Waals surface area contributed by atoms with Gasteiger partial charge in [-0.15, -0.1) is 0 Å². The van der Waals surface area contributed by atoms with E-state index in [1.165, 1.54) is 26.2 Å². The normalized spacial score (nSPS) is 11.7. The van der Waals surface area contributed by atoms with Crippen molar-refractivity contribution in [1.29, 1.82) is 0 Å². The zero-order valence-electron chi connectivity index (χ0n) is 11.6. The van der Waals surface area contributed by atoms with Gasteiger partial charge in [0.05, 0.1) is 9.82 Å². The molecule has 0 unspecified atom stereocenters. The molecule has 2 N–H and O–H groups in total. The van der Waals surface area contributed by atoms with Crippen molar-refractivity contribution in [2.45, 2.75) is 4.90 Å². The van der Waals surface area contributed by atoms with Gasteiger partial charge < -0.3 is 10.6 Å². The van der Waals surface area contributed by atoms with E-state index in [-0.39, 0.29) is 10.6 Å². The average molecular weight is 302 g/mol. The number of hydrogen-bond acceptors (Lipinski definition) is 6. The van der Waals surface area contributed by atoms with Gasteiger partial charge in [0.25, 0.3) is 5.69 Å². The summed E-state index contributed by atoms with van der Waals surface area (Å²) in [6.45, 7) is 0.770. The topological polar surface area (TPSA) is 110 Å². The fourth-order valence-electron chi connectivity index (χ4n) is 1.66. The summed E-state index contributed by atoms with van der Waals surface area (Å²) in [5.74, 6) is 0. The Bertz CT molecular complexity index is 600. The van der Waals surface area contributed by atoms with Gasteiger partial charge in [-0.25, -0.2) is 12.7 Å². The third-order valence-corrected chi connectivity index (χ3v) is 4.61. The van der Waals surface area contributed by atoms with Crippen molar-refractivity contribution < 1.29 is 13.3 Å². The van der Waals surface area contributed by atoms with Crippen LogP contribution in [0.3, 0.4) is 0 Å². The summed E-state index contributed by atoms with van der Waals surface area (Å²) in [4.78, 5) is 12.0. The summed E-state index contributed by atoms with van der Waals surface area (Å²) in [7, 11) is 0.701. The molecule has 0 saturated carbocycles. The third kappa shape index (κ3) is 3.24. The van der Waals surface area contributed by atoms with Crippen LogP contribution in [0, 0.1) is 10.1 Å². The highest BCUT2D eigenvalue weighted by Crippen LogP contribution is 2.30. The van der Waals surface area contributed by atoms with Gasteiger partial charge in [-0.1, -0.05) is 0 Å². The van der Waals surface area contributed by atoms with Gasteiger partial charge in [0.1, 0.15) is 5.69 Å². The fourth-order valence-corrected chi connectivity index (χ4v) is 2.58. The van der Waals surface area contributed by atoms with Crippen LogP contribution in [0.4, 0.5) is 11.4 Å². The number of anilines is 1. The Kier molecular flexibility index (Phi) is 5.03. The first kappa shape index (κ1) is 16.3. The second-order valence-electron chi connectivity index (χ2n) is 4.41. The molecule has 112 valence electrons. The molecular formula is C11H18N4O4S. The van der Waals surface area contributed by atoms with Crippen molar-refractivity contribution in [2.75, 3.05) is 39.1 Å². The highest BCUT2D eigenvalue weighted by Gasteiger charge is 2.24. The molecule has 0 aliphatic heterocycles. The van der Waals surface area contributed by atoms with E-state index < -0.39 is 14.9 Å². The van der Waals surface area contributed by atoms with Gasteiger partial charge in [0.15, 0.2) is 0 Å². The zero-order valence-corrected chi connectivity index (χ0v) is 12.4. The molecular weight excluding hydrogens is 284 g/mol.